The summed E-state index contributed by atoms with van der Waals surface area (Å²) in [6, 6.07) is -0.183. The van der Waals surface area contributed by atoms with Gasteiger partial charge >= 0.3 is 12.0 Å². The lowest BCUT2D eigenvalue weighted by atomic mass is 9.94. The third-order valence-corrected chi connectivity index (χ3v) is 4.33. The van der Waals surface area contributed by atoms with Crippen molar-refractivity contribution in [2.45, 2.75) is 32.6 Å². The largest absolute Gasteiger partial charge is 0.481 e. The van der Waals surface area contributed by atoms with E-state index in [1.54, 1.807) is 4.90 Å². The Morgan fingerprint density at radius 3 is 2.65 bits per heavy atom. The van der Waals surface area contributed by atoms with Crippen molar-refractivity contribution in [2.75, 3.05) is 18.4 Å². The Bertz CT molecular complexity index is 483. The molecular weight excluding hydrogens is 280 g/mol. The highest BCUT2D eigenvalue weighted by Gasteiger charge is 2.24. The van der Waals surface area contributed by atoms with Crippen LogP contribution in [-0.2, 0) is 11.2 Å². The lowest BCUT2D eigenvalue weighted by Crippen LogP contribution is -2.41. The lowest BCUT2D eigenvalue weighted by Gasteiger charge is -2.30. The van der Waals surface area contributed by atoms with E-state index in [4.69, 9.17) is 5.11 Å². The number of nitrogens with zero attached hydrogens (tertiary/aromatic N) is 3. The number of anilines is 1. The molecule has 2 heterocycles. The van der Waals surface area contributed by atoms with Gasteiger partial charge in [-0.2, -0.15) is 0 Å². The molecule has 0 spiro atoms. The van der Waals surface area contributed by atoms with Gasteiger partial charge in [0.2, 0.25) is 5.13 Å². The smallest absolute Gasteiger partial charge is 0.323 e. The monoisotopic (exact) mass is 298 g/mol. The SMILES string of the molecule is CCc1nnc(NC(=O)N2CCC(CC(=O)O)CC2)s1. The second-order valence-electron chi connectivity index (χ2n) is 4.81. The molecule has 1 aliphatic heterocycles. The molecule has 0 radical (unpaired) electrons. The van der Waals surface area contributed by atoms with Gasteiger partial charge in [-0.15, -0.1) is 10.2 Å². The van der Waals surface area contributed by atoms with Crippen LogP contribution in [0, 0.1) is 5.92 Å². The molecule has 0 saturated carbocycles. The van der Waals surface area contributed by atoms with Crippen molar-refractivity contribution in [3.63, 3.8) is 0 Å². The van der Waals surface area contributed by atoms with E-state index >= 15 is 0 Å². The van der Waals surface area contributed by atoms with Gasteiger partial charge in [0.05, 0.1) is 0 Å². The number of rotatable bonds is 4. The van der Waals surface area contributed by atoms with Gasteiger partial charge in [0.25, 0.3) is 0 Å². The van der Waals surface area contributed by atoms with Crippen molar-refractivity contribution in [2.24, 2.45) is 5.92 Å². The summed E-state index contributed by atoms with van der Waals surface area (Å²) in [7, 11) is 0. The van der Waals surface area contributed by atoms with Crippen molar-refractivity contribution in [3.8, 4) is 0 Å². The maximum Gasteiger partial charge on any atom is 0.323 e. The summed E-state index contributed by atoms with van der Waals surface area (Å²) in [4.78, 5) is 24.4. The second kappa shape index (κ2) is 6.65. The van der Waals surface area contributed by atoms with E-state index in [0.29, 0.717) is 18.2 Å². The molecule has 1 fully saturated rings. The first kappa shape index (κ1) is 14.7. The van der Waals surface area contributed by atoms with E-state index in [-0.39, 0.29) is 18.4 Å². The van der Waals surface area contributed by atoms with Crippen LogP contribution >= 0.6 is 11.3 Å². The molecule has 1 aliphatic rings. The predicted molar refractivity (Wildman–Crippen MR) is 74.9 cm³/mol. The second-order valence-corrected chi connectivity index (χ2v) is 5.88. The Hall–Kier alpha value is -1.70. The van der Waals surface area contributed by atoms with Gasteiger partial charge in [0, 0.05) is 19.5 Å². The van der Waals surface area contributed by atoms with E-state index in [0.717, 1.165) is 24.3 Å². The molecule has 20 heavy (non-hydrogen) atoms. The van der Waals surface area contributed by atoms with Crippen LogP contribution in [0.3, 0.4) is 0 Å². The molecular formula is C12H18N4O3S. The number of hydrogen-bond acceptors (Lipinski definition) is 5. The molecule has 8 heteroatoms. The molecule has 1 saturated heterocycles. The van der Waals surface area contributed by atoms with Gasteiger partial charge in [-0.3, -0.25) is 10.1 Å². The Balaban J connectivity index is 1.81. The number of aliphatic carboxylic acids is 1. The summed E-state index contributed by atoms with van der Waals surface area (Å²) in [5.74, 6) is -0.598. The van der Waals surface area contributed by atoms with E-state index in [1.807, 2.05) is 6.92 Å². The fourth-order valence-electron chi connectivity index (χ4n) is 2.20. The quantitative estimate of drug-likeness (QED) is 0.884. The zero-order chi connectivity index (χ0) is 14.5. The number of aryl methyl sites for hydroxylation is 1. The molecule has 0 atom stereocenters. The van der Waals surface area contributed by atoms with Crippen molar-refractivity contribution in [1.82, 2.24) is 15.1 Å². The number of carbonyl (C=O) groups is 2. The Morgan fingerprint density at radius 1 is 1.40 bits per heavy atom. The van der Waals surface area contributed by atoms with Crippen molar-refractivity contribution in [1.29, 1.82) is 0 Å². The highest BCUT2D eigenvalue weighted by molar-refractivity contribution is 7.15. The van der Waals surface area contributed by atoms with E-state index in [2.05, 4.69) is 15.5 Å². The Kier molecular flexibility index (Phi) is 4.89. The number of aromatic nitrogens is 2. The van der Waals surface area contributed by atoms with Crippen LogP contribution in [0.4, 0.5) is 9.93 Å². The zero-order valence-electron chi connectivity index (χ0n) is 11.3. The van der Waals surface area contributed by atoms with Gasteiger partial charge in [-0.1, -0.05) is 18.3 Å². The number of urea groups is 1. The minimum atomic E-state index is -0.770. The fraction of sp³-hybridized carbons (Fsp3) is 0.667. The van der Waals surface area contributed by atoms with E-state index in [1.165, 1.54) is 11.3 Å². The molecule has 2 N–H and O–H groups in total. The Labute approximate surface area is 121 Å². The standard InChI is InChI=1S/C12H18N4O3S/c1-2-9-14-15-11(20-9)13-12(19)16-5-3-8(4-6-16)7-10(17)18/h8H,2-7H2,1H3,(H,17,18)(H,13,15,19). The molecule has 1 aromatic rings. The summed E-state index contributed by atoms with van der Waals surface area (Å²) in [5.41, 5.74) is 0. The lowest BCUT2D eigenvalue weighted by molar-refractivity contribution is -0.138. The van der Waals surface area contributed by atoms with Crippen LogP contribution in [0.5, 0.6) is 0 Å². The third kappa shape index (κ3) is 3.89. The third-order valence-electron chi connectivity index (χ3n) is 3.35. The van der Waals surface area contributed by atoms with Gasteiger partial charge in [0.1, 0.15) is 5.01 Å². The first-order valence-electron chi connectivity index (χ1n) is 6.68. The first-order chi connectivity index (χ1) is 9.58. The zero-order valence-corrected chi connectivity index (χ0v) is 12.2. The molecule has 0 aromatic carbocycles. The molecule has 110 valence electrons. The molecule has 2 rings (SSSR count). The van der Waals surface area contributed by atoms with Gasteiger partial charge in [-0.05, 0) is 25.2 Å². The topological polar surface area (TPSA) is 95.4 Å². The number of amides is 2. The highest BCUT2D eigenvalue weighted by atomic mass is 32.1. The summed E-state index contributed by atoms with van der Waals surface area (Å²) >= 11 is 1.38. The number of piperidine rings is 1. The maximum atomic E-state index is 12.0. The number of likely N-dealkylation sites (tertiary alicyclic amines) is 1. The fourth-order valence-corrected chi connectivity index (χ4v) is 2.87. The predicted octanol–water partition coefficient (Wildman–Crippen LogP) is 1.82. The average Bonchev–Trinajstić information content (AvgIpc) is 2.86. The van der Waals surface area contributed by atoms with Gasteiger partial charge in [0.15, 0.2) is 0 Å². The molecule has 0 aliphatic carbocycles. The minimum absolute atomic E-state index is 0.171. The van der Waals surface area contributed by atoms with Crippen molar-refractivity contribution in [3.05, 3.63) is 5.01 Å². The number of nitrogens with one attached hydrogen (secondary N) is 1. The van der Waals surface area contributed by atoms with Crippen LogP contribution in [0.1, 0.15) is 31.2 Å². The van der Waals surface area contributed by atoms with Gasteiger partial charge in [-0.25, -0.2) is 4.79 Å². The molecule has 0 unspecified atom stereocenters. The molecule has 2 amide bonds. The number of hydrogen-bond donors (Lipinski definition) is 2. The number of carboxylic acids is 1. The summed E-state index contributed by atoms with van der Waals surface area (Å²) in [6.45, 7) is 3.16. The summed E-state index contributed by atoms with van der Waals surface area (Å²) in [5, 5.41) is 20.8. The number of carboxylic acid groups (broad SMARTS) is 1. The first-order valence-corrected chi connectivity index (χ1v) is 7.50. The van der Waals surface area contributed by atoms with Gasteiger partial charge < -0.3 is 10.0 Å². The average molecular weight is 298 g/mol. The molecule has 7 nitrogen and oxygen atoms in total. The highest BCUT2D eigenvalue weighted by Crippen LogP contribution is 2.22. The molecule has 0 bridgehead atoms. The van der Waals surface area contributed by atoms with Crippen LogP contribution in [0.25, 0.3) is 0 Å². The van der Waals surface area contributed by atoms with Crippen LogP contribution < -0.4 is 5.32 Å². The van der Waals surface area contributed by atoms with Crippen LogP contribution in [0.2, 0.25) is 0 Å². The van der Waals surface area contributed by atoms with Crippen molar-refractivity contribution < 1.29 is 14.7 Å². The summed E-state index contributed by atoms with van der Waals surface area (Å²) in [6.07, 6.45) is 2.45. The normalized spacial score (nSPS) is 16.1. The van der Waals surface area contributed by atoms with Crippen LogP contribution in [-0.4, -0.2) is 45.3 Å². The van der Waals surface area contributed by atoms with Crippen LogP contribution in [0.15, 0.2) is 0 Å². The van der Waals surface area contributed by atoms with E-state index < -0.39 is 5.97 Å². The Morgan fingerprint density at radius 2 is 2.10 bits per heavy atom. The van der Waals surface area contributed by atoms with E-state index in [9.17, 15) is 9.59 Å². The molecule has 1 aromatic heterocycles. The number of carbonyl (C=O) groups excluding carboxylic acids is 1. The minimum Gasteiger partial charge on any atom is -0.481 e. The summed E-state index contributed by atoms with van der Waals surface area (Å²) < 4.78 is 0. The maximum absolute atomic E-state index is 12.0. The van der Waals surface area contributed by atoms with Crippen molar-refractivity contribution >= 4 is 28.5 Å².